The smallest absolute Gasteiger partial charge is 0.0454 e. The summed E-state index contributed by atoms with van der Waals surface area (Å²) in [5, 5.41) is 0.842. The van der Waals surface area contributed by atoms with Gasteiger partial charge in [0.1, 0.15) is 0 Å². The lowest BCUT2D eigenvalue weighted by molar-refractivity contribution is 0.596. The van der Waals surface area contributed by atoms with Gasteiger partial charge in [-0.1, -0.05) is 69.8 Å². The molecule has 0 saturated heterocycles. The van der Waals surface area contributed by atoms with Gasteiger partial charge in [-0.15, -0.1) is 10.7 Å². The largest absolute Gasteiger partial charge is 0.262 e. The van der Waals surface area contributed by atoms with Crippen molar-refractivity contribution in [3.63, 3.8) is 0 Å². The van der Waals surface area contributed by atoms with Crippen LogP contribution in [0.4, 0.5) is 0 Å². The van der Waals surface area contributed by atoms with Gasteiger partial charge in [0, 0.05) is 15.8 Å². The van der Waals surface area contributed by atoms with E-state index in [4.69, 9.17) is 11.6 Å². The van der Waals surface area contributed by atoms with E-state index in [0.717, 1.165) is 17.9 Å². The molecule has 0 aliphatic heterocycles. The Morgan fingerprint density at radius 3 is 2.44 bits per heavy atom. The van der Waals surface area contributed by atoms with Crippen molar-refractivity contribution in [3.05, 3.63) is 34.9 Å². The van der Waals surface area contributed by atoms with Crippen LogP contribution in [0.5, 0.6) is 0 Å². The number of hydrogen-bond donors (Lipinski definition) is 1. The summed E-state index contributed by atoms with van der Waals surface area (Å²) in [5.74, 6) is 4.26. The summed E-state index contributed by atoms with van der Waals surface area (Å²) in [7, 11) is -0.0863. The molecular weight excluding hydrogens is 262 g/mol. The first-order valence-corrected chi connectivity index (χ1v) is 8.18. The number of benzene rings is 1. The van der Waals surface area contributed by atoms with E-state index in [1.165, 1.54) is 5.56 Å². The van der Waals surface area contributed by atoms with E-state index in [-0.39, 0.29) is 15.4 Å². The van der Waals surface area contributed by atoms with E-state index in [1.54, 1.807) is 0 Å². The van der Waals surface area contributed by atoms with Crippen molar-refractivity contribution in [1.82, 2.24) is 4.72 Å². The molecule has 1 N–H and O–H groups in total. The second-order valence-electron chi connectivity index (χ2n) is 5.48. The zero-order chi connectivity index (χ0) is 13.8. The van der Waals surface area contributed by atoms with Crippen molar-refractivity contribution < 1.29 is 0 Å². The van der Waals surface area contributed by atoms with Crippen LogP contribution in [0, 0.1) is 0 Å². The molecule has 0 saturated carbocycles. The molecule has 0 aliphatic carbocycles. The topological polar surface area (TPSA) is 12.0 Å². The molecule has 0 bridgehead atoms. The summed E-state index contributed by atoms with van der Waals surface area (Å²) >= 11 is 6.30. The molecule has 0 heterocycles. The summed E-state index contributed by atoms with van der Waals surface area (Å²) in [5.41, 5.74) is 1.19. The van der Waals surface area contributed by atoms with Crippen LogP contribution in [-0.2, 0) is 0 Å². The van der Waals surface area contributed by atoms with E-state index < -0.39 is 0 Å². The maximum absolute atomic E-state index is 6.30. The van der Waals surface area contributed by atoms with Crippen molar-refractivity contribution in [2.75, 3.05) is 0 Å². The average Bonchev–Trinajstić information content (AvgIpc) is 2.28. The van der Waals surface area contributed by atoms with Crippen LogP contribution in [0.3, 0.4) is 0 Å². The van der Waals surface area contributed by atoms with Crippen molar-refractivity contribution in [3.8, 4) is 0 Å². The van der Waals surface area contributed by atoms with Crippen molar-refractivity contribution >= 4 is 28.1 Å². The number of nitrogens with one attached hydrogen (secondary N) is 1. The Balaban J connectivity index is 2.91. The van der Waals surface area contributed by atoms with Gasteiger partial charge in [-0.25, -0.2) is 0 Å². The fourth-order valence-corrected chi connectivity index (χ4v) is 2.88. The Bertz CT molecular complexity index is 409. The highest BCUT2D eigenvalue weighted by Gasteiger charge is 2.19. The van der Waals surface area contributed by atoms with Gasteiger partial charge in [0.05, 0.1) is 0 Å². The highest BCUT2D eigenvalue weighted by Crippen LogP contribution is 2.33. The number of hydrogen-bond acceptors (Lipinski definition) is 1. The predicted octanol–water partition coefficient (Wildman–Crippen LogP) is 5.19. The lowest BCUT2D eigenvalue weighted by atomic mass is 10.0. The highest BCUT2D eigenvalue weighted by molar-refractivity contribution is 8.13. The lowest BCUT2D eigenvalue weighted by Gasteiger charge is -2.29. The van der Waals surface area contributed by atoms with Gasteiger partial charge in [-0.3, -0.25) is 4.72 Å². The monoisotopic (exact) mass is 285 g/mol. The van der Waals surface area contributed by atoms with Crippen LogP contribution >= 0.6 is 22.3 Å². The number of rotatable bonds is 5. The van der Waals surface area contributed by atoms with Crippen LogP contribution in [0.15, 0.2) is 24.3 Å². The van der Waals surface area contributed by atoms with Crippen LogP contribution in [0.25, 0.3) is 0 Å². The van der Waals surface area contributed by atoms with E-state index in [9.17, 15) is 0 Å². The van der Waals surface area contributed by atoms with Crippen molar-refractivity contribution in [2.24, 2.45) is 0 Å². The van der Waals surface area contributed by atoms with Crippen LogP contribution in [0.1, 0.15) is 52.1 Å². The van der Waals surface area contributed by atoms with Gasteiger partial charge in [0.2, 0.25) is 0 Å². The van der Waals surface area contributed by atoms with E-state index in [0.29, 0.717) is 6.04 Å². The highest BCUT2D eigenvalue weighted by atomic mass is 35.5. The van der Waals surface area contributed by atoms with Gasteiger partial charge >= 0.3 is 0 Å². The minimum absolute atomic E-state index is 0.0863. The Morgan fingerprint density at radius 2 is 1.94 bits per heavy atom. The molecule has 2 unspecified atom stereocenters. The molecule has 1 aromatic rings. The first-order valence-electron chi connectivity index (χ1n) is 6.41. The van der Waals surface area contributed by atoms with E-state index in [1.807, 2.05) is 18.2 Å². The molecule has 102 valence electrons. The Hall–Kier alpha value is -0.310. The summed E-state index contributed by atoms with van der Waals surface area (Å²) in [6.45, 7) is 8.84. The maximum Gasteiger partial charge on any atom is 0.0454 e. The molecule has 2 atom stereocenters. The van der Waals surface area contributed by atoms with Gasteiger partial charge < -0.3 is 0 Å². The average molecular weight is 286 g/mol. The zero-order valence-electron chi connectivity index (χ0n) is 11.8. The van der Waals surface area contributed by atoms with E-state index in [2.05, 4.69) is 44.4 Å². The minimum Gasteiger partial charge on any atom is -0.262 e. The first kappa shape index (κ1) is 15.7. The standard InChI is InChI=1S/C15H24ClNS/c1-6-9-14(17-18(5)15(2,3)4)12-10-7-8-11-13(12)16/h7-8,10-11,14,17H,5-6,9H2,1-4H3. The summed E-state index contributed by atoms with van der Waals surface area (Å²) in [6.07, 6.45) is 2.21. The molecule has 1 nitrogen and oxygen atoms in total. The fraction of sp³-hybridized carbons (Fsp3) is 0.533. The lowest BCUT2D eigenvalue weighted by Crippen LogP contribution is -2.25. The summed E-state index contributed by atoms with van der Waals surface area (Å²) in [6, 6.07) is 8.38. The quantitative estimate of drug-likeness (QED) is 0.735. The molecule has 1 rings (SSSR count). The third-order valence-electron chi connectivity index (χ3n) is 2.88. The Kier molecular flexibility index (Phi) is 5.90. The molecule has 1 aromatic carbocycles. The number of halogens is 1. The minimum atomic E-state index is -0.0863. The summed E-state index contributed by atoms with van der Waals surface area (Å²) < 4.78 is 3.82. The molecule has 0 spiro atoms. The zero-order valence-corrected chi connectivity index (χ0v) is 13.4. The first-order chi connectivity index (χ1) is 8.36. The third-order valence-corrected chi connectivity index (χ3v) is 5.27. The van der Waals surface area contributed by atoms with Gasteiger partial charge in [-0.2, -0.15) is 0 Å². The molecule has 0 radical (unpaired) electrons. The Morgan fingerprint density at radius 1 is 1.33 bits per heavy atom. The van der Waals surface area contributed by atoms with Crippen LogP contribution in [-0.4, -0.2) is 10.6 Å². The second kappa shape index (κ2) is 6.74. The van der Waals surface area contributed by atoms with Gasteiger partial charge in [0.25, 0.3) is 0 Å². The normalized spacial score (nSPS) is 15.4. The molecule has 18 heavy (non-hydrogen) atoms. The van der Waals surface area contributed by atoms with Gasteiger partial charge in [-0.05, 0) is 18.1 Å². The molecule has 0 aliphatic rings. The molecule has 3 heteroatoms. The molecular formula is C15H24ClNS. The predicted molar refractivity (Wildman–Crippen MR) is 86.7 cm³/mol. The SMILES string of the molecule is C=S(NC(CCC)c1ccccc1Cl)C(C)(C)C. The van der Waals surface area contributed by atoms with Crippen LogP contribution in [0.2, 0.25) is 5.02 Å². The Labute approximate surface area is 119 Å². The van der Waals surface area contributed by atoms with Crippen molar-refractivity contribution in [2.45, 2.75) is 51.3 Å². The maximum atomic E-state index is 6.30. The van der Waals surface area contributed by atoms with Crippen LogP contribution < -0.4 is 4.72 Å². The van der Waals surface area contributed by atoms with E-state index >= 15 is 0 Å². The third kappa shape index (κ3) is 4.42. The second-order valence-corrected chi connectivity index (χ2v) is 8.13. The molecule has 0 amide bonds. The fourth-order valence-electron chi connectivity index (χ4n) is 1.67. The van der Waals surface area contributed by atoms with Gasteiger partial charge in [0.15, 0.2) is 0 Å². The molecule has 0 fully saturated rings. The molecule has 0 aromatic heterocycles. The van der Waals surface area contributed by atoms with Crippen molar-refractivity contribution in [1.29, 1.82) is 0 Å². The summed E-state index contributed by atoms with van der Waals surface area (Å²) in [4.78, 5) is 0.